The van der Waals surface area contributed by atoms with Gasteiger partial charge in [0.15, 0.2) is 0 Å². The van der Waals surface area contributed by atoms with Gasteiger partial charge in [0.2, 0.25) is 0 Å². The molecule has 0 fully saturated rings. The van der Waals surface area contributed by atoms with Crippen LogP contribution in [0.15, 0.2) is 65.8 Å². The summed E-state index contributed by atoms with van der Waals surface area (Å²) in [6.07, 6.45) is 5.54. The third kappa shape index (κ3) is 4.20. The average molecular weight is 341 g/mol. The first kappa shape index (κ1) is 16.6. The highest BCUT2D eigenvalue weighted by Crippen LogP contribution is 2.09. The zero-order valence-corrected chi connectivity index (χ0v) is 13.3. The third-order valence-electron chi connectivity index (χ3n) is 3.58. The Morgan fingerprint density at radius 3 is 2.68 bits per heavy atom. The molecule has 0 aliphatic heterocycles. The van der Waals surface area contributed by atoms with Gasteiger partial charge in [-0.1, -0.05) is 0 Å². The summed E-state index contributed by atoms with van der Waals surface area (Å²) in [5.41, 5.74) is 0.407. The van der Waals surface area contributed by atoms with E-state index in [-0.39, 0.29) is 17.7 Å². The Kier molecular flexibility index (Phi) is 5.03. The van der Waals surface area contributed by atoms with Gasteiger partial charge in [0.1, 0.15) is 5.82 Å². The van der Waals surface area contributed by atoms with Crippen LogP contribution in [0.3, 0.4) is 0 Å². The summed E-state index contributed by atoms with van der Waals surface area (Å²) in [6, 6.07) is 9.96. The summed E-state index contributed by atoms with van der Waals surface area (Å²) in [6.45, 7) is 0.893. The molecule has 0 N–H and O–H groups in total. The van der Waals surface area contributed by atoms with Crippen LogP contribution < -0.4 is 5.56 Å². The maximum absolute atomic E-state index is 13.0. The number of esters is 1. The molecular formula is C18H16FN3O3. The number of rotatable bonds is 6. The number of benzene rings is 1. The van der Waals surface area contributed by atoms with E-state index in [0.29, 0.717) is 18.7 Å². The fraction of sp³-hybridized carbons (Fsp3) is 0.167. The Balaban J connectivity index is 1.65. The summed E-state index contributed by atoms with van der Waals surface area (Å²) < 4.78 is 21.3. The van der Waals surface area contributed by atoms with E-state index < -0.39 is 11.8 Å². The first-order chi connectivity index (χ1) is 12.1. The summed E-state index contributed by atoms with van der Waals surface area (Å²) in [7, 11) is 0. The van der Waals surface area contributed by atoms with Crippen molar-refractivity contribution in [3.8, 4) is 5.69 Å². The molecule has 3 aromatic rings. The Morgan fingerprint density at radius 2 is 1.96 bits per heavy atom. The fourth-order valence-corrected chi connectivity index (χ4v) is 2.32. The molecule has 128 valence electrons. The molecule has 25 heavy (non-hydrogen) atoms. The summed E-state index contributed by atoms with van der Waals surface area (Å²) in [5.74, 6) is -0.916. The van der Waals surface area contributed by atoms with Crippen LogP contribution in [-0.4, -0.2) is 26.9 Å². The number of hydrogen-bond acceptors (Lipinski definition) is 4. The van der Waals surface area contributed by atoms with Crippen LogP contribution in [0.1, 0.15) is 16.8 Å². The predicted octanol–water partition coefficient (Wildman–Crippen LogP) is 2.42. The van der Waals surface area contributed by atoms with Gasteiger partial charge in [0.05, 0.1) is 12.2 Å². The highest BCUT2D eigenvalue weighted by molar-refractivity contribution is 5.89. The van der Waals surface area contributed by atoms with E-state index in [1.54, 1.807) is 10.9 Å². The number of hydrogen-bond donors (Lipinski definition) is 0. The predicted molar refractivity (Wildman–Crippen MR) is 89.1 cm³/mol. The average Bonchev–Trinajstić information content (AvgIpc) is 3.13. The second kappa shape index (κ2) is 7.57. The van der Waals surface area contributed by atoms with E-state index in [2.05, 4.69) is 5.10 Å². The zero-order valence-electron chi connectivity index (χ0n) is 13.3. The van der Waals surface area contributed by atoms with E-state index in [1.807, 2.05) is 12.3 Å². The Labute approximate surface area is 143 Å². The molecule has 0 unspecified atom stereocenters. The van der Waals surface area contributed by atoms with Crippen molar-refractivity contribution in [3.63, 3.8) is 0 Å². The molecule has 0 aliphatic carbocycles. The zero-order chi connectivity index (χ0) is 17.6. The van der Waals surface area contributed by atoms with Crippen molar-refractivity contribution >= 4 is 5.97 Å². The summed E-state index contributed by atoms with van der Waals surface area (Å²) in [4.78, 5) is 24.1. The molecular weight excluding hydrogens is 325 g/mol. The molecule has 0 spiro atoms. The molecule has 0 radical (unpaired) electrons. The monoisotopic (exact) mass is 341 g/mol. The van der Waals surface area contributed by atoms with Crippen LogP contribution in [0.2, 0.25) is 0 Å². The van der Waals surface area contributed by atoms with Crippen LogP contribution in [0.4, 0.5) is 4.39 Å². The molecule has 0 aliphatic rings. The quantitative estimate of drug-likeness (QED) is 0.510. The van der Waals surface area contributed by atoms with E-state index in [9.17, 15) is 14.0 Å². The molecule has 0 atom stereocenters. The molecule has 1 aromatic carbocycles. The molecule has 0 amide bonds. The normalized spacial score (nSPS) is 10.6. The van der Waals surface area contributed by atoms with Crippen molar-refractivity contribution in [2.45, 2.75) is 13.0 Å². The number of pyridine rings is 1. The number of carbonyl (C=O) groups is 1. The van der Waals surface area contributed by atoms with Crippen LogP contribution >= 0.6 is 0 Å². The van der Waals surface area contributed by atoms with Crippen LogP contribution in [0.5, 0.6) is 0 Å². The number of ether oxygens (including phenoxy) is 1. The van der Waals surface area contributed by atoms with Crippen LogP contribution in [0.25, 0.3) is 5.69 Å². The number of carbonyl (C=O) groups excluding carboxylic acids is 1. The van der Waals surface area contributed by atoms with E-state index >= 15 is 0 Å². The lowest BCUT2D eigenvalue weighted by Crippen LogP contribution is -2.19. The van der Waals surface area contributed by atoms with Gasteiger partial charge in [-0.15, -0.1) is 0 Å². The van der Waals surface area contributed by atoms with Crippen molar-refractivity contribution in [1.29, 1.82) is 0 Å². The molecule has 0 bridgehead atoms. The molecule has 6 nitrogen and oxygen atoms in total. The highest BCUT2D eigenvalue weighted by Gasteiger charge is 2.10. The van der Waals surface area contributed by atoms with Gasteiger partial charge in [-0.3, -0.25) is 14.0 Å². The Hall–Kier alpha value is -3.22. The van der Waals surface area contributed by atoms with E-state index in [1.165, 1.54) is 47.2 Å². The maximum Gasteiger partial charge on any atom is 0.339 e. The number of aromatic nitrogens is 3. The van der Waals surface area contributed by atoms with Crippen LogP contribution in [0, 0.1) is 5.82 Å². The molecule has 7 heteroatoms. The van der Waals surface area contributed by atoms with Gasteiger partial charge in [0, 0.05) is 43.3 Å². The smallest absolute Gasteiger partial charge is 0.339 e. The van der Waals surface area contributed by atoms with Gasteiger partial charge in [0.25, 0.3) is 5.56 Å². The molecule has 0 saturated heterocycles. The SMILES string of the molecule is O=C(OCCCn1cccn1)c1ccc(=O)n(-c2ccc(F)cc2)c1. The molecule has 3 rings (SSSR count). The van der Waals surface area contributed by atoms with E-state index in [4.69, 9.17) is 4.74 Å². The third-order valence-corrected chi connectivity index (χ3v) is 3.58. The minimum atomic E-state index is -0.517. The number of nitrogens with zero attached hydrogens (tertiary/aromatic N) is 3. The Morgan fingerprint density at radius 1 is 1.16 bits per heavy atom. The van der Waals surface area contributed by atoms with Gasteiger partial charge < -0.3 is 4.74 Å². The highest BCUT2D eigenvalue weighted by atomic mass is 19.1. The lowest BCUT2D eigenvalue weighted by atomic mass is 10.2. The first-order valence-electron chi connectivity index (χ1n) is 7.77. The summed E-state index contributed by atoms with van der Waals surface area (Å²) >= 11 is 0. The first-order valence-corrected chi connectivity index (χ1v) is 7.77. The topological polar surface area (TPSA) is 66.1 Å². The lowest BCUT2D eigenvalue weighted by Gasteiger charge is -2.09. The van der Waals surface area contributed by atoms with Crippen molar-refractivity contribution < 1.29 is 13.9 Å². The van der Waals surface area contributed by atoms with E-state index in [0.717, 1.165) is 0 Å². The van der Waals surface area contributed by atoms with Gasteiger partial charge in [-0.2, -0.15) is 5.10 Å². The van der Waals surface area contributed by atoms with Gasteiger partial charge >= 0.3 is 5.97 Å². The van der Waals surface area contributed by atoms with Crippen molar-refractivity contribution in [3.05, 3.63) is 82.8 Å². The minimum absolute atomic E-state index is 0.244. The number of halogens is 1. The van der Waals surface area contributed by atoms with Gasteiger partial charge in [-0.05, 0) is 36.4 Å². The van der Waals surface area contributed by atoms with Crippen LogP contribution in [-0.2, 0) is 11.3 Å². The Bertz CT molecular complexity index is 902. The van der Waals surface area contributed by atoms with Crippen molar-refractivity contribution in [2.75, 3.05) is 6.61 Å². The maximum atomic E-state index is 13.0. The number of aryl methyl sites for hydroxylation is 1. The molecule has 0 saturated carbocycles. The van der Waals surface area contributed by atoms with Gasteiger partial charge in [-0.25, -0.2) is 9.18 Å². The molecule has 2 heterocycles. The second-order valence-electron chi connectivity index (χ2n) is 5.36. The van der Waals surface area contributed by atoms with Crippen molar-refractivity contribution in [2.24, 2.45) is 0 Å². The second-order valence-corrected chi connectivity index (χ2v) is 5.36. The largest absolute Gasteiger partial charge is 0.462 e. The fourth-order valence-electron chi connectivity index (χ4n) is 2.32. The summed E-state index contributed by atoms with van der Waals surface area (Å²) in [5, 5.41) is 4.06. The molecule has 2 aromatic heterocycles. The lowest BCUT2D eigenvalue weighted by molar-refractivity contribution is 0.0494. The standard InChI is InChI=1S/C18H16FN3O3/c19-15-4-6-16(7-5-15)22-13-14(3-8-17(22)23)18(24)25-12-2-11-21-10-1-9-20-21/h1,3-10,13H,2,11-12H2. The minimum Gasteiger partial charge on any atom is -0.462 e. The van der Waals surface area contributed by atoms with Crippen molar-refractivity contribution in [1.82, 2.24) is 14.3 Å².